The van der Waals surface area contributed by atoms with Crippen LogP contribution in [0, 0.1) is 0 Å². The van der Waals surface area contributed by atoms with Gasteiger partial charge in [0.05, 0.1) is 17.6 Å². The van der Waals surface area contributed by atoms with Gasteiger partial charge in [0.1, 0.15) is 0 Å². The van der Waals surface area contributed by atoms with Crippen LogP contribution in [0.4, 0.5) is 0 Å². The number of aromatic nitrogens is 4. The summed E-state index contributed by atoms with van der Waals surface area (Å²) in [5, 5.41) is 0. The van der Waals surface area contributed by atoms with Crippen molar-refractivity contribution in [2.24, 2.45) is 0 Å². The van der Waals surface area contributed by atoms with Gasteiger partial charge in [-0.15, -0.1) is 0 Å². The first-order valence-electron chi connectivity index (χ1n) is 7.22. The Morgan fingerprint density at radius 3 is 1.83 bits per heavy atom. The second-order valence-electron chi connectivity index (χ2n) is 7.20. The summed E-state index contributed by atoms with van der Waals surface area (Å²) in [5.74, 6) is 0. The van der Waals surface area contributed by atoms with Crippen molar-refractivity contribution >= 4 is 15.9 Å². The van der Waals surface area contributed by atoms with Crippen molar-refractivity contribution in [2.45, 2.75) is 52.4 Å². The average molecular weight is 383 g/mol. The number of hydrogen-bond acceptors (Lipinski definition) is 4. The van der Waals surface area contributed by atoms with E-state index < -0.39 is 0 Å². The van der Waals surface area contributed by atoms with E-state index in [-0.39, 0.29) is 21.9 Å². The third kappa shape index (κ3) is 6.09. The molecule has 0 aliphatic heterocycles. The Morgan fingerprint density at radius 2 is 1.43 bits per heavy atom. The molecule has 0 saturated carbocycles. The molecule has 2 heterocycles. The Hall–Kier alpha value is -1.76. The highest BCUT2D eigenvalue weighted by Gasteiger charge is 2.16. The van der Waals surface area contributed by atoms with Gasteiger partial charge in [0.2, 0.25) is 0 Å². The molecule has 0 fully saturated rings. The number of nitrogens with zero attached hydrogens (tertiary/aromatic N) is 2. The number of nitrogens with one attached hydrogen (secondary N) is 2. The van der Waals surface area contributed by atoms with Crippen LogP contribution in [0.5, 0.6) is 0 Å². The molecule has 0 unspecified atom stereocenters. The number of aromatic amines is 2. The van der Waals surface area contributed by atoms with Gasteiger partial charge in [-0.1, -0.05) is 41.5 Å². The van der Waals surface area contributed by atoms with Gasteiger partial charge in [-0.3, -0.25) is 14.6 Å². The molecule has 0 aliphatic carbocycles. The van der Waals surface area contributed by atoms with Crippen molar-refractivity contribution in [1.82, 2.24) is 19.9 Å². The Kier molecular flexibility index (Phi) is 6.04. The molecule has 126 valence electrons. The summed E-state index contributed by atoms with van der Waals surface area (Å²) in [6.07, 6.45) is 4.61. The molecule has 2 N–H and O–H groups in total. The highest BCUT2D eigenvalue weighted by atomic mass is 79.9. The fourth-order valence-electron chi connectivity index (χ4n) is 1.52. The Balaban J connectivity index is 0.000000231. The van der Waals surface area contributed by atoms with Gasteiger partial charge in [-0.2, -0.15) is 0 Å². The van der Waals surface area contributed by atoms with Gasteiger partial charge >= 0.3 is 0 Å². The minimum atomic E-state index is -0.192. The monoisotopic (exact) mass is 382 g/mol. The van der Waals surface area contributed by atoms with Gasteiger partial charge in [-0.05, 0) is 15.9 Å². The zero-order chi connectivity index (χ0) is 17.8. The largest absolute Gasteiger partial charge is 0.326 e. The molecule has 6 nitrogen and oxygen atoms in total. The fourth-order valence-corrected chi connectivity index (χ4v) is 1.82. The van der Waals surface area contributed by atoms with E-state index >= 15 is 0 Å². The van der Waals surface area contributed by atoms with Crippen molar-refractivity contribution in [3.63, 3.8) is 0 Å². The third-order valence-corrected chi connectivity index (χ3v) is 3.49. The summed E-state index contributed by atoms with van der Waals surface area (Å²) in [6.45, 7) is 12.3. The lowest BCUT2D eigenvalue weighted by Gasteiger charge is -2.16. The van der Waals surface area contributed by atoms with Crippen LogP contribution >= 0.6 is 15.9 Å². The van der Waals surface area contributed by atoms with E-state index in [4.69, 9.17) is 0 Å². The Bertz CT molecular complexity index is 747. The van der Waals surface area contributed by atoms with Gasteiger partial charge in [0.25, 0.3) is 11.1 Å². The van der Waals surface area contributed by atoms with Crippen molar-refractivity contribution < 1.29 is 0 Å². The second kappa shape index (κ2) is 7.21. The SMILES string of the molecule is CC(C)(C)c1c[nH]c(=O)c(Br)n1.CC(C)(C)c1c[nH]c(=O)cn1. The first-order valence-corrected chi connectivity index (χ1v) is 8.01. The first-order chi connectivity index (χ1) is 10.4. The maximum Gasteiger partial charge on any atom is 0.281 e. The number of halogens is 1. The van der Waals surface area contributed by atoms with E-state index in [1.54, 1.807) is 12.4 Å². The normalized spacial score (nSPS) is 11.6. The molecule has 2 rings (SSSR count). The van der Waals surface area contributed by atoms with E-state index in [1.807, 2.05) is 41.5 Å². The van der Waals surface area contributed by atoms with Crippen molar-refractivity contribution in [2.75, 3.05) is 0 Å². The lowest BCUT2D eigenvalue weighted by Crippen LogP contribution is -2.18. The van der Waals surface area contributed by atoms with E-state index in [0.29, 0.717) is 4.60 Å². The van der Waals surface area contributed by atoms with Gasteiger partial charge in [0.15, 0.2) is 4.60 Å². The number of hydrogen-bond donors (Lipinski definition) is 2. The maximum atomic E-state index is 10.9. The van der Waals surface area contributed by atoms with Crippen LogP contribution in [0.1, 0.15) is 52.9 Å². The van der Waals surface area contributed by atoms with Crippen molar-refractivity contribution in [3.8, 4) is 0 Å². The quantitative estimate of drug-likeness (QED) is 0.732. The molecule has 0 radical (unpaired) electrons. The summed E-state index contributed by atoms with van der Waals surface area (Å²) < 4.78 is 0.343. The average Bonchev–Trinajstić information content (AvgIpc) is 2.41. The Labute approximate surface area is 143 Å². The predicted molar refractivity (Wildman–Crippen MR) is 94.8 cm³/mol. The lowest BCUT2D eigenvalue weighted by molar-refractivity contribution is 0.562. The molecule has 0 aliphatic rings. The smallest absolute Gasteiger partial charge is 0.281 e. The van der Waals surface area contributed by atoms with E-state index in [2.05, 4.69) is 35.9 Å². The highest BCUT2D eigenvalue weighted by molar-refractivity contribution is 9.10. The van der Waals surface area contributed by atoms with Crippen LogP contribution in [-0.4, -0.2) is 19.9 Å². The molecule has 2 aromatic heterocycles. The highest BCUT2D eigenvalue weighted by Crippen LogP contribution is 2.19. The molecule has 0 spiro atoms. The molecule has 0 saturated heterocycles. The Morgan fingerprint density at radius 1 is 0.913 bits per heavy atom. The van der Waals surface area contributed by atoms with Gasteiger partial charge in [0, 0.05) is 23.2 Å². The van der Waals surface area contributed by atoms with E-state index in [0.717, 1.165) is 11.4 Å². The standard InChI is InChI=1S/C8H11BrN2O.C8H12N2O/c1-8(2,3)5-4-10-7(12)6(9)11-5;1-8(2,3)6-4-10-7(11)5-9-6/h4H,1-3H3,(H,10,12);4-5H,1-3H3,(H,10,11). The van der Waals surface area contributed by atoms with Gasteiger partial charge in [-0.25, -0.2) is 4.98 Å². The van der Waals surface area contributed by atoms with Crippen molar-refractivity contribution in [1.29, 1.82) is 0 Å². The van der Waals surface area contributed by atoms with Crippen LogP contribution in [0.2, 0.25) is 0 Å². The second-order valence-corrected chi connectivity index (χ2v) is 7.95. The molecular formula is C16H23BrN4O2. The van der Waals surface area contributed by atoms with Crippen LogP contribution in [0.15, 0.2) is 32.8 Å². The third-order valence-electron chi connectivity index (χ3n) is 2.95. The number of H-pyrrole nitrogens is 2. The molecule has 0 aromatic carbocycles. The van der Waals surface area contributed by atoms with Gasteiger partial charge < -0.3 is 9.97 Å². The minimum absolute atomic E-state index is 0.00417. The molecule has 2 aromatic rings. The molecule has 7 heteroatoms. The topological polar surface area (TPSA) is 91.5 Å². The van der Waals surface area contributed by atoms with Crippen molar-refractivity contribution in [3.05, 3.63) is 55.3 Å². The molecule has 0 bridgehead atoms. The van der Waals surface area contributed by atoms with Crippen LogP contribution in [0.3, 0.4) is 0 Å². The molecular weight excluding hydrogens is 360 g/mol. The number of rotatable bonds is 0. The van der Waals surface area contributed by atoms with Crippen LogP contribution < -0.4 is 11.1 Å². The summed E-state index contributed by atoms with van der Waals surface area (Å²) >= 11 is 3.08. The zero-order valence-corrected chi connectivity index (χ0v) is 15.9. The fraction of sp³-hybridized carbons (Fsp3) is 0.500. The van der Waals surface area contributed by atoms with Crippen LogP contribution in [0.25, 0.3) is 0 Å². The van der Waals surface area contributed by atoms with E-state index in [1.165, 1.54) is 6.20 Å². The lowest BCUT2D eigenvalue weighted by atomic mass is 9.93. The zero-order valence-electron chi connectivity index (χ0n) is 14.3. The predicted octanol–water partition coefficient (Wildman–Crippen LogP) is 2.90. The van der Waals surface area contributed by atoms with E-state index in [9.17, 15) is 9.59 Å². The first kappa shape index (κ1) is 19.3. The minimum Gasteiger partial charge on any atom is -0.326 e. The summed E-state index contributed by atoms with van der Waals surface area (Å²) in [4.78, 5) is 34.9. The van der Waals surface area contributed by atoms with Crippen LogP contribution in [-0.2, 0) is 10.8 Å². The summed E-state index contributed by atoms with van der Waals surface area (Å²) in [7, 11) is 0. The molecule has 0 atom stereocenters. The molecule has 0 amide bonds. The summed E-state index contributed by atoms with van der Waals surface area (Å²) in [5.41, 5.74) is 1.39. The molecule has 23 heavy (non-hydrogen) atoms. The summed E-state index contributed by atoms with van der Waals surface area (Å²) in [6, 6.07) is 0. The maximum absolute atomic E-state index is 10.9.